The Kier molecular flexibility index (Phi) is 7.62. The smallest absolute Gasteiger partial charge is 0.230 e. The van der Waals surface area contributed by atoms with Crippen LogP contribution >= 0.6 is 23.4 Å². The van der Waals surface area contributed by atoms with E-state index in [0.717, 1.165) is 23.6 Å². The Balaban J connectivity index is 1.69. The van der Waals surface area contributed by atoms with Crippen LogP contribution in [-0.2, 0) is 11.3 Å². The second-order valence-electron chi connectivity index (χ2n) is 6.94. The van der Waals surface area contributed by atoms with Gasteiger partial charge in [0.15, 0.2) is 11.0 Å². The summed E-state index contributed by atoms with van der Waals surface area (Å²) in [5.41, 5.74) is 0.791. The van der Waals surface area contributed by atoms with Gasteiger partial charge in [0.05, 0.1) is 18.4 Å². The summed E-state index contributed by atoms with van der Waals surface area (Å²) >= 11 is 7.57. The Bertz CT molecular complexity index is 803. The van der Waals surface area contributed by atoms with Gasteiger partial charge in [0, 0.05) is 17.6 Å². The highest BCUT2D eigenvalue weighted by molar-refractivity contribution is 7.99. The van der Waals surface area contributed by atoms with Crippen molar-refractivity contribution in [2.24, 2.45) is 0 Å². The molecular formula is C20H27ClN4O2S. The lowest BCUT2D eigenvalue weighted by atomic mass is 10.1. The zero-order valence-corrected chi connectivity index (χ0v) is 18.0. The van der Waals surface area contributed by atoms with E-state index in [2.05, 4.69) is 15.5 Å². The van der Waals surface area contributed by atoms with Crippen LogP contribution in [0.2, 0.25) is 5.02 Å². The molecule has 0 unspecified atom stereocenters. The number of rotatable bonds is 7. The minimum atomic E-state index is 0.0597. The van der Waals surface area contributed by atoms with Gasteiger partial charge in [0.2, 0.25) is 5.91 Å². The van der Waals surface area contributed by atoms with Crippen LogP contribution in [0, 0.1) is 0 Å². The maximum absolute atomic E-state index is 12.4. The average Bonchev–Trinajstić information content (AvgIpc) is 2.94. The molecule has 0 spiro atoms. The molecule has 0 aliphatic heterocycles. The first-order valence-electron chi connectivity index (χ1n) is 9.81. The quantitative estimate of drug-likeness (QED) is 0.523. The first-order chi connectivity index (χ1) is 13.6. The van der Waals surface area contributed by atoms with Crippen molar-refractivity contribution >= 4 is 29.3 Å². The van der Waals surface area contributed by atoms with Crippen molar-refractivity contribution in [1.82, 2.24) is 20.1 Å². The lowest BCUT2D eigenvalue weighted by molar-refractivity contribution is -0.119. The molecule has 0 radical (unpaired) electrons. The normalized spacial score (nSPS) is 15.2. The summed E-state index contributed by atoms with van der Waals surface area (Å²) < 4.78 is 7.43. The van der Waals surface area contributed by atoms with E-state index in [-0.39, 0.29) is 5.91 Å². The third-order valence-corrected chi connectivity index (χ3v) is 6.19. The number of ether oxygens (including phenoxy) is 1. The first-order valence-corrected chi connectivity index (χ1v) is 11.2. The molecule has 1 heterocycles. The fourth-order valence-corrected chi connectivity index (χ4v) is 4.54. The molecule has 2 aromatic rings. The second kappa shape index (κ2) is 10.2. The minimum absolute atomic E-state index is 0.0597. The molecule has 1 fully saturated rings. The number of benzene rings is 1. The molecule has 1 aliphatic carbocycles. The highest BCUT2D eigenvalue weighted by atomic mass is 35.5. The molecule has 3 rings (SSSR count). The maximum atomic E-state index is 12.4. The molecule has 1 N–H and O–H groups in total. The number of halogens is 1. The molecule has 0 saturated heterocycles. The van der Waals surface area contributed by atoms with Gasteiger partial charge in [-0.05, 0) is 38.0 Å². The number of methoxy groups -OCH3 is 1. The summed E-state index contributed by atoms with van der Waals surface area (Å²) in [6, 6.07) is 5.73. The lowest BCUT2D eigenvalue weighted by Gasteiger charge is -2.16. The van der Waals surface area contributed by atoms with Gasteiger partial charge >= 0.3 is 0 Å². The van der Waals surface area contributed by atoms with E-state index < -0.39 is 0 Å². The summed E-state index contributed by atoms with van der Waals surface area (Å²) in [6.45, 7) is 2.71. The van der Waals surface area contributed by atoms with Crippen LogP contribution in [0.3, 0.4) is 0 Å². The van der Waals surface area contributed by atoms with Gasteiger partial charge in [0.25, 0.3) is 0 Å². The zero-order chi connectivity index (χ0) is 19.9. The fourth-order valence-electron chi connectivity index (χ4n) is 3.56. The van der Waals surface area contributed by atoms with Crippen LogP contribution in [0.5, 0.6) is 5.75 Å². The molecular weight excluding hydrogens is 396 g/mol. The van der Waals surface area contributed by atoms with Gasteiger partial charge in [-0.25, -0.2) is 0 Å². The number of aromatic nitrogens is 3. The lowest BCUT2D eigenvalue weighted by Crippen LogP contribution is -2.35. The van der Waals surface area contributed by atoms with Crippen molar-refractivity contribution in [3.8, 4) is 17.1 Å². The number of hydrogen-bond acceptors (Lipinski definition) is 5. The topological polar surface area (TPSA) is 69.0 Å². The van der Waals surface area contributed by atoms with Crippen molar-refractivity contribution in [3.63, 3.8) is 0 Å². The number of nitrogens with zero attached hydrogens (tertiary/aromatic N) is 3. The Morgan fingerprint density at radius 1 is 1.29 bits per heavy atom. The van der Waals surface area contributed by atoms with E-state index in [0.29, 0.717) is 34.9 Å². The van der Waals surface area contributed by atoms with E-state index in [4.69, 9.17) is 16.3 Å². The summed E-state index contributed by atoms with van der Waals surface area (Å²) in [7, 11) is 1.62. The summed E-state index contributed by atoms with van der Waals surface area (Å²) in [6.07, 6.45) is 7.12. The third kappa shape index (κ3) is 5.20. The van der Waals surface area contributed by atoms with Gasteiger partial charge in [-0.3, -0.25) is 4.79 Å². The predicted octanol–water partition coefficient (Wildman–Crippen LogP) is 4.56. The van der Waals surface area contributed by atoms with Gasteiger partial charge < -0.3 is 14.6 Å². The SMILES string of the molecule is CCn1c(SCC(=O)NC2CCCCCC2)nnc1-c1cc(Cl)ccc1OC. The number of carbonyl (C=O) groups is 1. The molecule has 1 aliphatic rings. The van der Waals surface area contributed by atoms with E-state index in [1.807, 2.05) is 23.6 Å². The van der Waals surface area contributed by atoms with Crippen LogP contribution < -0.4 is 10.1 Å². The van der Waals surface area contributed by atoms with Gasteiger partial charge in [-0.15, -0.1) is 10.2 Å². The van der Waals surface area contributed by atoms with Crippen LogP contribution in [-0.4, -0.2) is 39.6 Å². The molecule has 8 heteroatoms. The summed E-state index contributed by atoms with van der Waals surface area (Å²) in [5, 5.41) is 13.1. The molecule has 6 nitrogen and oxygen atoms in total. The maximum Gasteiger partial charge on any atom is 0.230 e. The van der Waals surface area contributed by atoms with E-state index in [1.54, 1.807) is 13.2 Å². The van der Waals surface area contributed by atoms with Gasteiger partial charge in [0.1, 0.15) is 5.75 Å². The van der Waals surface area contributed by atoms with Crippen LogP contribution in [0.1, 0.15) is 45.4 Å². The first kappa shape index (κ1) is 21.0. The van der Waals surface area contributed by atoms with Crippen molar-refractivity contribution in [2.75, 3.05) is 12.9 Å². The number of hydrogen-bond donors (Lipinski definition) is 1. The van der Waals surface area contributed by atoms with Gasteiger partial charge in [-0.1, -0.05) is 49.0 Å². The largest absolute Gasteiger partial charge is 0.496 e. The van der Waals surface area contributed by atoms with Crippen molar-refractivity contribution in [1.29, 1.82) is 0 Å². The highest BCUT2D eigenvalue weighted by Crippen LogP contribution is 2.33. The van der Waals surface area contributed by atoms with E-state index in [9.17, 15) is 4.79 Å². The minimum Gasteiger partial charge on any atom is -0.496 e. The standard InChI is InChI=1S/C20H27ClN4O2S/c1-3-25-19(16-12-14(21)10-11-17(16)27-2)23-24-20(25)28-13-18(26)22-15-8-6-4-5-7-9-15/h10-12,15H,3-9,13H2,1-2H3,(H,22,26). The molecule has 0 atom stereocenters. The second-order valence-corrected chi connectivity index (χ2v) is 8.32. The molecule has 1 aromatic heterocycles. The van der Waals surface area contributed by atoms with E-state index >= 15 is 0 Å². The zero-order valence-electron chi connectivity index (χ0n) is 16.4. The fraction of sp³-hybridized carbons (Fsp3) is 0.550. The number of amides is 1. The molecule has 28 heavy (non-hydrogen) atoms. The monoisotopic (exact) mass is 422 g/mol. The molecule has 1 aromatic carbocycles. The molecule has 1 saturated carbocycles. The van der Waals surface area contributed by atoms with E-state index in [1.165, 1.54) is 37.4 Å². The van der Waals surface area contributed by atoms with Crippen molar-refractivity contribution in [3.05, 3.63) is 23.2 Å². The Labute approximate surface area is 175 Å². The third-order valence-electron chi connectivity index (χ3n) is 4.99. The number of carbonyl (C=O) groups excluding carboxylic acids is 1. The molecule has 1 amide bonds. The van der Waals surface area contributed by atoms with Crippen molar-refractivity contribution < 1.29 is 9.53 Å². The Morgan fingerprint density at radius 3 is 2.71 bits per heavy atom. The van der Waals surface area contributed by atoms with Crippen LogP contribution in [0.4, 0.5) is 0 Å². The molecule has 152 valence electrons. The number of thioether (sulfide) groups is 1. The Hall–Kier alpha value is -1.73. The summed E-state index contributed by atoms with van der Waals surface area (Å²) in [4.78, 5) is 12.4. The number of nitrogens with one attached hydrogen (secondary N) is 1. The highest BCUT2D eigenvalue weighted by Gasteiger charge is 2.19. The van der Waals surface area contributed by atoms with Crippen molar-refractivity contribution in [2.45, 2.75) is 63.2 Å². The Morgan fingerprint density at radius 2 is 2.04 bits per heavy atom. The summed E-state index contributed by atoms with van der Waals surface area (Å²) in [5.74, 6) is 1.77. The molecule has 0 bridgehead atoms. The van der Waals surface area contributed by atoms with Gasteiger partial charge in [-0.2, -0.15) is 0 Å². The average molecular weight is 423 g/mol. The van der Waals surface area contributed by atoms with Crippen LogP contribution in [0.15, 0.2) is 23.4 Å². The predicted molar refractivity (Wildman–Crippen MR) is 113 cm³/mol. The van der Waals surface area contributed by atoms with Crippen LogP contribution in [0.25, 0.3) is 11.4 Å².